The van der Waals surface area contributed by atoms with E-state index in [0.717, 1.165) is 31.0 Å². The van der Waals surface area contributed by atoms with E-state index < -0.39 is 17.5 Å². The molecule has 0 bridgehead atoms. The normalized spacial score (nSPS) is 17.0. The minimum atomic E-state index is -0.799. The molecule has 1 atom stereocenters. The molecule has 1 aliphatic rings. The molecule has 0 radical (unpaired) electrons. The number of benzene rings is 2. The van der Waals surface area contributed by atoms with Gasteiger partial charge in [-0.05, 0) is 43.2 Å². The van der Waals surface area contributed by atoms with Crippen molar-refractivity contribution >= 4 is 22.6 Å². The summed E-state index contributed by atoms with van der Waals surface area (Å²) in [5.74, 6) is -2.08. The molecule has 3 aromatic rings. The molecule has 2 heterocycles. The Labute approximate surface area is 164 Å². The summed E-state index contributed by atoms with van der Waals surface area (Å²) in [6.07, 6.45) is 1.76. The van der Waals surface area contributed by atoms with Crippen LogP contribution >= 0.6 is 0 Å². The molecule has 4 rings (SSSR count). The van der Waals surface area contributed by atoms with Gasteiger partial charge in [-0.2, -0.15) is 0 Å². The van der Waals surface area contributed by atoms with Gasteiger partial charge in [-0.1, -0.05) is 0 Å². The van der Waals surface area contributed by atoms with E-state index >= 15 is 0 Å². The van der Waals surface area contributed by atoms with Crippen molar-refractivity contribution in [1.82, 2.24) is 5.32 Å². The summed E-state index contributed by atoms with van der Waals surface area (Å²) in [5.41, 5.74) is 0.207. The molecule has 0 aliphatic carbocycles. The first-order valence-corrected chi connectivity index (χ1v) is 9.15. The summed E-state index contributed by atoms with van der Waals surface area (Å²) >= 11 is 0. The minimum absolute atomic E-state index is 0.0282. The van der Waals surface area contributed by atoms with Crippen molar-refractivity contribution in [2.75, 3.05) is 13.2 Å². The topological polar surface area (TPSA) is 84.1 Å². The van der Waals surface area contributed by atoms with Crippen molar-refractivity contribution in [3.8, 4) is 5.75 Å². The Morgan fingerprint density at radius 2 is 1.97 bits per heavy atom. The van der Waals surface area contributed by atoms with Gasteiger partial charge in [0.05, 0.1) is 11.8 Å². The van der Waals surface area contributed by atoms with Gasteiger partial charge >= 0.3 is 0 Å². The Bertz CT molecular complexity index is 1120. The van der Waals surface area contributed by atoms with Gasteiger partial charge < -0.3 is 19.6 Å². The molecule has 8 heteroatoms. The van der Waals surface area contributed by atoms with E-state index in [1.807, 2.05) is 0 Å². The van der Waals surface area contributed by atoms with Gasteiger partial charge in [0, 0.05) is 30.7 Å². The first-order chi connectivity index (χ1) is 14.0. The smallest absolute Gasteiger partial charge is 0.256 e. The number of fused-ring (bicyclic) bond motifs is 1. The molecule has 29 heavy (non-hydrogen) atoms. The molecule has 1 aliphatic heterocycles. The number of hydrogen-bond acceptors (Lipinski definition) is 5. The zero-order valence-corrected chi connectivity index (χ0v) is 15.3. The molecule has 1 saturated heterocycles. The maximum absolute atomic E-state index is 13.5. The van der Waals surface area contributed by atoms with Crippen LogP contribution in [0.15, 0.2) is 51.9 Å². The Hall–Kier alpha value is -3.26. The van der Waals surface area contributed by atoms with E-state index in [1.165, 1.54) is 12.1 Å². The summed E-state index contributed by atoms with van der Waals surface area (Å²) in [5, 5.41) is 13.0. The van der Waals surface area contributed by atoms with Crippen molar-refractivity contribution in [1.29, 1.82) is 0 Å². The van der Waals surface area contributed by atoms with Gasteiger partial charge in [0.2, 0.25) is 5.55 Å². The third-order valence-electron chi connectivity index (χ3n) is 4.57. The monoisotopic (exact) mass is 400 g/mol. The molecule has 2 aromatic carbocycles. The fraction of sp³-hybridized carbons (Fsp3) is 0.238. The number of hydrogen-bond donors (Lipinski definition) is 2. The molecule has 1 fully saturated rings. The van der Waals surface area contributed by atoms with Crippen LogP contribution in [0.1, 0.15) is 23.2 Å². The van der Waals surface area contributed by atoms with Gasteiger partial charge in [0.25, 0.3) is 5.91 Å². The lowest BCUT2D eigenvalue weighted by Crippen LogP contribution is -2.34. The quantitative estimate of drug-likeness (QED) is 0.702. The van der Waals surface area contributed by atoms with Gasteiger partial charge in [-0.3, -0.25) is 4.79 Å². The Morgan fingerprint density at radius 3 is 2.69 bits per heavy atom. The van der Waals surface area contributed by atoms with Crippen LogP contribution in [-0.4, -0.2) is 30.3 Å². The van der Waals surface area contributed by atoms with E-state index in [0.29, 0.717) is 18.5 Å². The lowest BCUT2D eigenvalue weighted by Gasteiger charge is -2.11. The second-order valence-electron chi connectivity index (χ2n) is 6.77. The molecular weight excluding hydrogens is 382 g/mol. The van der Waals surface area contributed by atoms with Crippen molar-refractivity contribution in [3.63, 3.8) is 0 Å². The van der Waals surface area contributed by atoms with E-state index in [2.05, 4.69) is 10.3 Å². The number of rotatable bonds is 4. The highest BCUT2D eigenvalue weighted by molar-refractivity contribution is 5.96. The zero-order chi connectivity index (χ0) is 20.4. The predicted octanol–water partition coefficient (Wildman–Crippen LogP) is 3.56. The number of carbonyl (C=O) groups excluding carboxylic acids is 1. The molecule has 1 unspecified atom stereocenters. The van der Waals surface area contributed by atoms with E-state index in [9.17, 15) is 18.7 Å². The fourth-order valence-corrected chi connectivity index (χ4v) is 3.18. The lowest BCUT2D eigenvalue weighted by molar-refractivity contribution is 0.0854. The largest absolute Gasteiger partial charge is 0.508 e. The summed E-state index contributed by atoms with van der Waals surface area (Å²) in [4.78, 5) is 16.9. The van der Waals surface area contributed by atoms with Gasteiger partial charge in [-0.15, -0.1) is 0 Å². The number of nitrogens with zero attached hydrogens (tertiary/aromatic N) is 1. The van der Waals surface area contributed by atoms with Crippen LogP contribution in [0.4, 0.5) is 14.5 Å². The molecular formula is C21H18F2N2O4. The van der Waals surface area contributed by atoms with Crippen LogP contribution in [0, 0.1) is 11.6 Å². The van der Waals surface area contributed by atoms with Gasteiger partial charge in [-0.25, -0.2) is 13.8 Å². The number of phenolic OH excluding ortho intramolecular Hbond substituents is 1. The molecule has 1 aromatic heterocycles. The summed E-state index contributed by atoms with van der Waals surface area (Å²) in [6.45, 7) is 1.00. The van der Waals surface area contributed by atoms with Crippen molar-refractivity contribution < 1.29 is 27.8 Å². The second-order valence-corrected chi connectivity index (χ2v) is 6.77. The van der Waals surface area contributed by atoms with Crippen molar-refractivity contribution in [2.24, 2.45) is 4.99 Å². The van der Waals surface area contributed by atoms with Crippen LogP contribution in [0.2, 0.25) is 0 Å². The number of amides is 1. The lowest BCUT2D eigenvalue weighted by atomic mass is 10.1. The fourth-order valence-electron chi connectivity index (χ4n) is 3.18. The van der Waals surface area contributed by atoms with Crippen LogP contribution in [-0.2, 0) is 4.74 Å². The number of aromatic hydroxyl groups is 1. The average Bonchev–Trinajstić information content (AvgIpc) is 3.18. The van der Waals surface area contributed by atoms with Gasteiger partial charge in [0.1, 0.15) is 28.5 Å². The van der Waals surface area contributed by atoms with Crippen LogP contribution < -0.4 is 10.9 Å². The van der Waals surface area contributed by atoms with Crippen LogP contribution in [0.3, 0.4) is 0 Å². The Kier molecular flexibility index (Phi) is 5.26. The summed E-state index contributed by atoms with van der Waals surface area (Å²) < 4.78 is 38.3. The first-order valence-electron chi connectivity index (χ1n) is 9.15. The second kappa shape index (κ2) is 8.00. The number of ether oxygens (including phenoxy) is 1. The number of carbonyl (C=O) groups is 1. The summed E-state index contributed by atoms with van der Waals surface area (Å²) in [6, 6.07) is 8.76. The van der Waals surface area contributed by atoms with E-state index in [4.69, 9.17) is 9.15 Å². The van der Waals surface area contributed by atoms with Crippen LogP contribution in [0.25, 0.3) is 11.0 Å². The van der Waals surface area contributed by atoms with Crippen molar-refractivity contribution in [3.05, 3.63) is 65.2 Å². The molecule has 1 amide bonds. The third kappa shape index (κ3) is 4.43. The van der Waals surface area contributed by atoms with E-state index in [-0.39, 0.29) is 34.2 Å². The maximum atomic E-state index is 13.5. The summed E-state index contributed by atoms with van der Waals surface area (Å²) in [7, 11) is 0. The highest BCUT2D eigenvalue weighted by atomic mass is 19.1. The molecule has 2 N–H and O–H groups in total. The number of phenols is 1. The predicted molar refractivity (Wildman–Crippen MR) is 101 cm³/mol. The standard InChI is InChI=1S/C21H18F2N2O4/c22-13-7-14(23)9-15(8-13)25-21-18(20(27)24-11-17-2-1-5-28-17)6-12-3-4-16(26)10-19(12)29-21/h3-4,6-10,17,26H,1-2,5,11H2,(H,24,27). The Balaban J connectivity index is 1.77. The molecule has 0 saturated carbocycles. The van der Waals surface area contributed by atoms with Crippen LogP contribution in [0.5, 0.6) is 5.75 Å². The average molecular weight is 400 g/mol. The maximum Gasteiger partial charge on any atom is 0.256 e. The molecule has 6 nitrogen and oxygen atoms in total. The zero-order valence-electron chi connectivity index (χ0n) is 15.3. The Morgan fingerprint density at radius 1 is 1.17 bits per heavy atom. The number of nitrogens with one attached hydrogen (secondary N) is 1. The first kappa shape index (κ1) is 19.1. The van der Waals surface area contributed by atoms with E-state index in [1.54, 1.807) is 12.1 Å². The molecule has 150 valence electrons. The van der Waals surface area contributed by atoms with Crippen molar-refractivity contribution in [2.45, 2.75) is 18.9 Å². The van der Waals surface area contributed by atoms with Gasteiger partial charge in [0.15, 0.2) is 0 Å². The third-order valence-corrected chi connectivity index (χ3v) is 4.57. The molecule has 0 spiro atoms. The highest BCUT2D eigenvalue weighted by Gasteiger charge is 2.18. The highest BCUT2D eigenvalue weighted by Crippen LogP contribution is 2.21. The number of halogens is 2. The SMILES string of the molecule is O=C(NCC1CCCO1)c1cc2ccc(O)cc2oc1=Nc1cc(F)cc(F)c1. The minimum Gasteiger partial charge on any atom is -0.508 e.